The topological polar surface area (TPSA) is 71.1 Å². The predicted octanol–water partition coefficient (Wildman–Crippen LogP) is 2.48. The molecule has 0 aliphatic heterocycles. The van der Waals surface area contributed by atoms with Crippen LogP contribution >= 0.6 is 11.6 Å². The number of pyridine rings is 1. The SMILES string of the molecule is C[C@@H](NC(=O)CNC(=O)c1cc(Cl)ccn1)c1ccc(F)cc1. The fourth-order valence-corrected chi connectivity index (χ4v) is 2.07. The van der Waals surface area contributed by atoms with Crippen molar-refractivity contribution >= 4 is 23.4 Å². The first-order valence-corrected chi connectivity index (χ1v) is 7.28. The summed E-state index contributed by atoms with van der Waals surface area (Å²) in [6.45, 7) is 1.57. The molecule has 23 heavy (non-hydrogen) atoms. The largest absolute Gasteiger partial charge is 0.348 e. The molecule has 1 aromatic heterocycles. The molecule has 5 nitrogen and oxygen atoms in total. The number of benzene rings is 1. The molecule has 2 rings (SSSR count). The number of carbonyl (C=O) groups excluding carboxylic acids is 2. The van der Waals surface area contributed by atoms with Crippen LogP contribution in [0.5, 0.6) is 0 Å². The summed E-state index contributed by atoms with van der Waals surface area (Å²) in [5, 5.41) is 5.56. The number of nitrogens with one attached hydrogen (secondary N) is 2. The Kier molecular flexibility index (Phi) is 5.65. The van der Waals surface area contributed by atoms with Crippen molar-refractivity contribution < 1.29 is 14.0 Å². The van der Waals surface area contributed by atoms with Crippen molar-refractivity contribution in [2.75, 3.05) is 6.54 Å². The molecule has 1 aromatic carbocycles. The van der Waals surface area contributed by atoms with Gasteiger partial charge in [0.2, 0.25) is 5.91 Å². The van der Waals surface area contributed by atoms with Crippen molar-refractivity contribution in [1.29, 1.82) is 0 Å². The summed E-state index contributed by atoms with van der Waals surface area (Å²) in [6.07, 6.45) is 1.41. The third-order valence-corrected chi connectivity index (χ3v) is 3.35. The number of halogens is 2. The second-order valence-corrected chi connectivity index (χ2v) is 5.32. The minimum atomic E-state index is -0.489. The molecule has 1 atom stereocenters. The van der Waals surface area contributed by atoms with Gasteiger partial charge in [-0.1, -0.05) is 23.7 Å². The van der Waals surface area contributed by atoms with Gasteiger partial charge in [0.25, 0.3) is 5.91 Å². The van der Waals surface area contributed by atoms with Crippen LogP contribution in [0.25, 0.3) is 0 Å². The van der Waals surface area contributed by atoms with E-state index in [2.05, 4.69) is 15.6 Å². The van der Waals surface area contributed by atoms with Gasteiger partial charge in [-0.15, -0.1) is 0 Å². The molecule has 7 heteroatoms. The second-order valence-electron chi connectivity index (χ2n) is 4.88. The zero-order chi connectivity index (χ0) is 16.8. The summed E-state index contributed by atoms with van der Waals surface area (Å²) >= 11 is 5.77. The third-order valence-electron chi connectivity index (χ3n) is 3.11. The van der Waals surface area contributed by atoms with E-state index in [0.29, 0.717) is 5.02 Å². The van der Waals surface area contributed by atoms with Crippen LogP contribution in [0.2, 0.25) is 5.02 Å². The van der Waals surface area contributed by atoms with Crippen molar-refractivity contribution in [2.24, 2.45) is 0 Å². The quantitative estimate of drug-likeness (QED) is 0.881. The zero-order valence-corrected chi connectivity index (χ0v) is 13.1. The number of hydrogen-bond donors (Lipinski definition) is 2. The first-order chi connectivity index (χ1) is 11.0. The Balaban J connectivity index is 1.85. The molecule has 0 spiro atoms. The average molecular weight is 336 g/mol. The fourth-order valence-electron chi connectivity index (χ4n) is 1.91. The molecule has 1 heterocycles. The van der Waals surface area contributed by atoms with E-state index in [4.69, 9.17) is 11.6 Å². The average Bonchev–Trinajstić information content (AvgIpc) is 2.53. The lowest BCUT2D eigenvalue weighted by Gasteiger charge is -2.14. The van der Waals surface area contributed by atoms with Gasteiger partial charge < -0.3 is 10.6 Å². The van der Waals surface area contributed by atoms with E-state index in [9.17, 15) is 14.0 Å². The molecule has 0 saturated heterocycles. The maximum atomic E-state index is 12.9. The van der Waals surface area contributed by atoms with Crippen molar-refractivity contribution in [3.8, 4) is 0 Å². The molecule has 120 valence electrons. The molecule has 2 aromatic rings. The van der Waals surface area contributed by atoms with Crippen LogP contribution < -0.4 is 10.6 Å². The molecule has 0 aliphatic carbocycles. The maximum absolute atomic E-state index is 12.9. The lowest BCUT2D eigenvalue weighted by atomic mass is 10.1. The van der Waals surface area contributed by atoms with Crippen LogP contribution in [-0.2, 0) is 4.79 Å². The highest BCUT2D eigenvalue weighted by Crippen LogP contribution is 2.12. The molecular formula is C16H15ClFN3O2. The minimum Gasteiger partial charge on any atom is -0.348 e. The van der Waals surface area contributed by atoms with Gasteiger partial charge in [-0.3, -0.25) is 14.6 Å². The molecule has 0 aliphatic rings. The summed E-state index contributed by atoms with van der Waals surface area (Å²) in [7, 11) is 0. The van der Waals surface area contributed by atoms with Crippen molar-refractivity contribution in [2.45, 2.75) is 13.0 Å². The summed E-state index contributed by atoms with van der Waals surface area (Å²) in [6, 6.07) is 8.49. The highest BCUT2D eigenvalue weighted by Gasteiger charge is 2.12. The van der Waals surface area contributed by atoms with Crippen LogP contribution in [0, 0.1) is 5.82 Å². The summed E-state index contributed by atoms with van der Waals surface area (Å²) in [5.41, 5.74) is 0.902. The number of nitrogens with zero attached hydrogens (tertiary/aromatic N) is 1. The normalized spacial score (nSPS) is 11.6. The molecule has 0 bridgehead atoms. The van der Waals surface area contributed by atoms with E-state index in [1.54, 1.807) is 25.1 Å². The molecule has 0 fully saturated rings. The lowest BCUT2D eigenvalue weighted by Crippen LogP contribution is -2.38. The Morgan fingerprint density at radius 2 is 1.96 bits per heavy atom. The van der Waals surface area contributed by atoms with Crippen molar-refractivity contribution in [1.82, 2.24) is 15.6 Å². The number of rotatable bonds is 5. The fraction of sp³-hybridized carbons (Fsp3) is 0.188. The van der Waals surface area contributed by atoms with Crippen LogP contribution in [0.1, 0.15) is 29.0 Å². The Hall–Kier alpha value is -2.47. The molecule has 0 radical (unpaired) electrons. The number of hydrogen-bond acceptors (Lipinski definition) is 3. The third kappa shape index (κ3) is 5.03. The van der Waals surface area contributed by atoms with Gasteiger partial charge in [0.05, 0.1) is 12.6 Å². The van der Waals surface area contributed by atoms with Gasteiger partial charge >= 0.3 is 0 Å². The smallest absolute Gasteiger partial charge is 0.270 e. The van der Waals surface area contributed by atoms with Gasteiger partial charge in [-0.2, -0.15) is 0 Å². The standard InChI is InChI=1S/C16H15ClFN3O2/c1-10(11-2-4-13(18)5-3-11)21-15(22)9-20-16(23)14-8-12(17)6-7-19-14/h2-8,10H,9H2,1H3,(H,20,23)(H,21,22)/t10-/m1/s1. The highest BCUT2D eigenvalue weighted by molar-refractivity contribution is 6.30. The van der Waals surface area contributed by atoms with Crippen LogP contribution in [0.4, 0.5) is 4.39 Å². The Bertz CT molecular complexity index is 707. The first-order valence-electron chi connectivity index (χ1n) is 6.90. The van der Waals surface area contributed by atoms with E-state index in [1.165, 1.54) is 24.4 Å². The van der Waals surface area contributed by atoms with E-state index in [1.807, 2.05) is 0 Å². The van der Waals surface area contributed by atoms with Gasteiger partial charge in [-0.05, 0) is 36.8 Å². The Morgan fingerprint density at radius 3 is 2.61 bits per heavy atom. The van der Waals surface area contributed by atoms with E-state index >= 15 is 0 Å². The van der Waals surface area contributed by atoms with Crippen LogP contribution in [0.3, 0.4) is 0 Å². The summed E-state index contributed by atoms with van der Waals surface area (Å²) in [4.78, 5) is 27.6. The van der Waals surface area contributed by atoms with Gasteiger partial charge in [0, 0.05) is 11.2 Å². The monoisotopic (exact) mass is 335 g/mol. The molecular weight excluding hydrogens is 321 g/mol. The predicted molar refractivity (Wildman–Crippen MR) is 84.5 cm³/mol. The van der Waals surface area contributed by atoms with Gasteiger partial charge in [0.15, 0.2) is 0 Å². The second kappa shape index (κ2) is 7.69. The summed E-state index contributed by atoms with van der Waals surface area (Å²) in [5.74, 6) is -1.19. The molecule has 0 unspecified atom stereocenters. The molecule has 2 N–H and O–H groups in total. The highest BCUT2D eigenvalue weighted by atomic mass is 35.5. The van der Waals surface area contributed by atoms with E-state index in [-0.39, 0.29) is 30.0 Å². The van der Waals surface area contributed by atoms with Crippen molar-refractivity contribution in [3.63, 3.8) is 0 Å². The first kappa shape index (κ1) is 16.9. The van der Waals surface area contributed by atoms with E-state index in [0.717, 1.165) is 5.56 Å². The zero-order valence-electron chi connectivity index (χ0n) is 12.3. The maximum Gasteiger partial charge on any atom is 0.270 e. The van der Waals surface area contributed by atoms with Crippen molar-refractivity contribution in [3.05, 3.63) is 64.7 Å². The van der Waals surface area contributed by atoms with Gasteiger partial charge in [-0.25, -0.2) is 4.39 Å². The van der Waals surface area contributed by atoms with E-state index < -0.39 is 5.91 Å². The Labute approximate surface area is 137 Å². The minimum absolute atomic E-state index is 0.136. The molecule has 0 saturated carbocycles. The molecule has 2 amide bonds. The number of aromatic nitrogens is 1. The van der Waals surface area contributed by atoms with Crippen LogP contribution in [0.15, 0.2) is 42.6 Å². The van der Waals surface area contributed by atoms with Crippen LogP contribution in [-0.4, -0.2) is 23.3 Å². The number of amides is 2. The number of carbonyl (C=O) groups is 2. The Morgan fingerprint density at radius 1 is 1.26 bits per heavy atom. The lowest BCUT2D eigenvalue weighted by molar-refractivity contribution is -0.120. The van der Waals surface area contributed by atoms with Gasteiger partial charge in [0.1, 0.15) is 11.5 Å². The summed E-state index contributed by atoms with van der Waals surface area (Å²) < 4.78 is 12.9.